The number of amides is 1. The molecule has 0 aromatic heterocycles. The Balaban J connectivity index is 3.00. The van der Waals surface area contributed by atoms with Crippen LogP contribution in [-0.4, -0.2) is 37.2 Å². The first kappa shape index (κ1) is 16.0. The molecule has 1 amide bonds. The monoisotopic (exact) mass is 274 g/mol. The molecule has 108 valence electrons. The molecule has 0 saturated carbocycles. The standard InChI is InChI=1S/C16H22N2O2/c1-5-16(20)18(6-2)14-9-7-8-13(12-14)15(19)10-11-17(3)4/h7-12H,5-6H2,1-4H3. The molecule has 1 aromatic carbocycles. The lowest BCUT2D eigenvalue weighted by Gasteiger charge is -2.20. The average Bonchev–Trinajstić information content (AvgIpc) is 2.45. The van der Waals surface area contributed by atoms with Crippen molar-refractivity contribution in [2.45, 2.75) is 20.3 Å². The normalized spacial score (nSPS) is 10.6. The van der Waals surface area contributed by atoms with Crippen LogP contribution in [0.25, 0.3) is 0 Å². The van der Waals surface area contributed by atoms with E-state index in [1.54, 1.807) is 34.2 Å². The molecule has 0 aliphatic rings. The van der Waals surface area contributed by atoms with Crippen LogP contribution in [0.4, 0.5) is 5.69 Å². The second-order valence-electron chi connectivity index (χ2n) is 4.69. The van der Waals surface area contributed by atoms with E-state index in [-0.39, 0.29) is 11.7 Å². The van der Waals surface area contributed by atoms with Crippen molar-refractivity contribution in [1.29, 1.82) is 0 Å². The highest BCUT2D eigenvalue weighted by molar-refractivity contribution is 6.05. The van der Waals surface area contributed by atoms with Crippen LogP contribution in [0.3, 0.4) is 0 Å². The maximum absolute atomic E-state index is 12.0. The number of hydrogen-bond donors (Lipinski definition) is 0. The number of anilines is 1. The molecule has 1 aromatic rings. The van der Waals surface area contributed by atoms with Crippen LogP contribution in [0.1, 0.15) is 30.6 Å². The van der Waals surface area contributed by atoms with Gasteiger partial charge in [-0.2, -0.15) is 0 Å². The minimum atomic E-state index is -0.0689. The van der Waals surface area contributed by atoms with Crippen molar-refractivity contribution in [3.05, 3.63) is 42.1 Å². The predicted molar refractivity (Wildman–Crippen MR) is 81.9 cm³/mol. The van der Waals surface area contributed by atoms with Gasteiger partial charge in [0, 0.05) is 50.6 Å². The summed E-state index contributed by atoms with van der Waals surface area (Å²) in [5.74, 6) is -0.0125. The minimum Gasteiger partial charge on any atom is -0.383 e. The number of carbonyl (C=O) groups excluding carboxylic acids is 2. The highest BCUT2D eigenvalue weighted by atomic mass is 16.2. The van der Waals surface area contributed by atoms with Gasteiger partial charge in [-0.25, -0.2) is 0 Å². The van der Waals surface area contributed by atoms with Gasteiger partial charge in [0.1, 0.15) is 0 Å². The molecule has 0 aliphatic carbocycles. The van der Waals surface area contributed by atoms with E-state index < -0.39 is 0 Å². The van der Waals surface area contributed by atoms with Crippen LogP contribution < -0.4 is 4.90 Å². The SMILES string of the molecule is CCC(=O)N(CC)c1cccc(C(=O)C=CN(C)C)c1. The van der Waals surface area contributed by atoms with Gasteiger partial charge in [-0.05, 0) is 19.1 Å². The molecule has 4 heteroatoms. The summed E-state index contributed by atoms with van der Waals surface area (Å²) < 4.78 is 0. The molecule has 0 aliphatic heterocycles. The summed E-state index contributed by atoms with van der Waals surface area (Å²) in [4.78, 5) is 27.4. The molecule has 0 fully saturated rings. The Labute approximate surface area is 120 Å². The Bertz CT molecular complexity index is 507. The van der Waals surface area contributed by atoms with E-state index in [0.717, 1.165) is 5.69 Å². The van der Waals surface area contributed by atoms with Gasteiger partial charge in [0.2, 0.25) is 5.91 Å². The lowest BCUT2D eigenvalue weighted by molar-refractivity contribution is -0.118. The summed E-state index contributed by atoms with van der Waals surface area (Å²) in [5.41, 5.74) is 1.35. The third-order valence-electron chi connectivity index (χ3n) is 2.89. The fourth-order valence-corrected chi connectivity index (χ4v) is 1.83. The highest BCUT2D eigenvalue weighted by Crippen LogP contribution is 2.17. The van der Waals surface area contributed by atoms with Crippen LogP contribution >= 0.6 is 0 Å². The molecule has 0 unspecified atom stereocenters. The molecule has 0 heterocycles. The van der Waals surface area contributed by atoms with Crippen molar-refractivity contribution in [2.24, 2.45) is 0 Å². The van der Waals surface area contributed by atoms with Gasteiger partial charge < -0.3 is 9.80 Å². The molecule has 0 radical (unpaired) electrons. The molecular weight excluding hydrogens is 252 g/mol. The Hall–Kier alpha value is -2.10. The summed E-state index contributed by atoms with van der Waals surface area (Å²) in [6, 6.07) is 7.18. The average molecular weight is 274 g/mol. The van der Waals surface area contributed by atoms with Crippen LogP contribution in [0.15, 0.2) is 36.5 Å². The zero-order valence-corrected chi connectivity index (χ0v) is 12.6. The first-order valence-corrected chi connectivity index (χ1v) is 6.79. The second-order valence-corrected chi connectivity index (χ2v) is 4.69. The predicted octanol–water partition coefficient (Wildman–Crippen LogP) is 2.71. The molecule has 0 bridgehead atoms. The number of hydrogen-bond acceptors (Lipinski definition) is 3. The summed E-state index contributed by atoms with van der Waals surface area (Å²) in [7, 11) is 3.72. The molecular formula is C16H22N2O2. The fourth-order valence-electron chi connectivity index (χ4n) is 1.83. The smallest absolute Gasteiger partial charge is 0.226 e. The van der Waals surface area contributed by atoms with Crippen molar-refractivity contribution in [3.63, 3.8) is 0 Å². The number of carbonyl (C=O) groups is 2. The lowest BCUT2D eigenvalue weighted by Crippen LogP contribution is -2.29. The minimum absolute atomic E-state index is 0.0564. The van der Waals surface area contributed by atoms with E-state index in [1.807, 2.05) is 34.0 Å². The van der Waals surface area contributed by atoms with Crippen LogP contribution in [-0.2, 0) is 4.79 Å². The molecule has 0 spiro atoms. The first-order valence-electron chi connectivity index (χ1n) is 6.79. The summed E-state index contributed by atoms with van der Waals surface area (Å²) in [6.45, 7) is 4.35. The van der Waals surface area contributed by atoms with Gasteiger partial charge >= 0.3 is 0 Å². The Morgan fingerprint density at radius 1 is 1.20 bits per heavy atom. The van der Waals surface area contributed by atoms with Gasteiger partial charge in [0.25, 0.3) is 0 Å². The van der Waals surface area contributed by atoms with Crippen LogP contribution in [0.2, 0.25) is 0 Å². The van der Waals surface area contributed by atoms with Gasteiger partial charge in [0.05, 0.1) is 0 Å². The molecule has 20 heavy (non-hydrogen) atoms. The summed E-state index contributed by atoms with van der Waals surface area (Å²) in [6.07, 6.45) is 3.69. The number of allylic oxidation sites excluding steroid dienone is 1. The van der Waals surface area contributed by atoms with E-state index in [1.165, 1.54) is 6.08 Å². The van der Waals surface area contributed by atoms with Crippen LogP contribution in [0.5, 0.6) is 0 Å². The number of rotatable bonds is 6. The molecule has 0 saturated heterocycles. The van der Waals surface area contributed by atoms with Gasteiger partial charge in [-0.1, -0.05) is 19.1 Å². The maximum Gasteiger partial charge on any atom is 0.226 e. The summed E-state index contributed by atoms with van der Waals surface area (Å²) >= 11 is 0. The molecule has 4 nitrogen and oxygen atoms in total. The molecule has 0 N–H and O–H groups in total. The highest BCUT2D eigenvalue weighted by Gasteiger charge is 2.13. The van der Waals surface area contributed by atoms with Crippen molar-refractivity contribution in [2.75, 3.05) is 25.5 Å². The van der Waals surface area contributed by atoms with Gasteiger partial charge in [0.15, 0.2) is 5.78 Å². The second kappa shape index (κ2) is 7.48. The fraction of sp³-hybridized carbons (Fsp3) is 0.375. The van der Waals surface area contributed by atoms with E-state index in [9.17, 15) is 9.59 Å². The Morgan fingerprint density at radius 3 is 2.45 bits per heavy atom. The van der Waals surface area contributed by atoms with Gasteiger partial charge in [-0.3, -0.25) is 9.59 Å². The van der Waals surface area contributed by atoms with Gasteiger partial charge in [-0.15, -0.1) is 0 Å². The number of benzene rings is 1. The van der Waals surface area contributed by atoms with Crippen molar-refractivity contribution < 1.29 is 9.59 Å². The van der Waals surface area contributed by atoms with Crippen molar-refractivity contribution in [1.82, 2.24) is 4.90 Å². The Morgan fingerprint density at radius 2 is 1.90 bits per heavy atom. The zero-order chi connectivity index (χ0) is 15.1. The maximum atomic E-state index is 12.0. The zero-order valence-electron chi connectivity index (χ0n) is 12.6. The molecule has 0 atom stereocenters. The first-order chi connectivity index (χ1) is 9.49. The lowest BCUT2D eigenvalue weighted by atomic mass is 10.1. The van der Waals surface area contributed by atoms with E-state index in [2.05, 4.69) is 0 Å². The summed E-state index contributed by atoms with van der Waals surface area (Å²) in [5, 5.41) is 0. The topological polar surface area (TPSA) is 40.6 Å². The largest absolute Gasteiger partial charge is 0.383 e. The number of nitrogens with zero attached hydrogens (tertiary/aromatic N) is 2. The van der Waals surface area contributed by atoms with Crippen molar-refractivity contribution >= 4 is 17.4 Å². The van der Waals surface area contributed by atoms with E-state index in [4.69, 9.17) is 0 Å². The van der Waals surface area contributed by atoms with Crippen LogP contribution in [0, 0.1) is 0 Å². The third-order valence-corrected chi connectivity index (χ3v) is 2.89. The third kappa shape index (κ3) is 4.23. The quantitative estimate of drug-likeness (QED) is 0.591. The van der Waals surface area contributed by atoms with Crippen molar-refractivity contribution in [3.8, 4) is 0 Å². The van der Waals surface area contributed by atoms with E-state index >= 15 is 0 Å². The Kier molecular flexibility index (Phi) is 5.97. The number of ketones is 1. The van der Waals surface area contributed by atoms with E-state index in [0.29, 0.717) is 18.5 Å². The molecule has 1 rings (SSSR count).